The van der Waals surface area contributed by atoms with Crippen LogP contribution in [0.1, 0.15) is 56.4 Å². The molecule has 0 aliphatic heterocycles. The van der Waals surface area contributed by atoms with Gasteiger partial charge in [0, 0.05) is 43.1 Å². The fourth-order valence-electron chi connectivity index (χ4n) is 2.87. The van der Waals surface area contributed by atoms with E-state index in [1.165, 1.54) is 18.4 Å². The summed E-state index contributed by atoms with van der Waals surface area (Å²) in [7, 11) is 1.32. The predicted octanol–water partition coefficient (Wildman–Crippen LogP) is 3.68. The van der Waals surface area contributed by atoms with Crippen molar-refractivity contribution in [1.29, 1.82) is 0 Å². The van der Waals surface area contributed by atoms with Crippen molar-refractivity contribution in [3.8, 4) is 11.3 Å². The number of ether oxygens (including phenoxy) is 1. The van der Waals surface area contributed by atoms with Crippen LogP contribution in [0.25, 0.3) is 11.3 Å². The van der Waals surface area contributed by atoms with Gasteiger partial charge in [-0.1, -0.05) is 13.8 Å². The molecule has 2 rings (SSSR count). The monoisotopic (exact) mass is 420 g/mol. The summed E-state index contributed by atoms with van der Waals surface area (Å²) in [6.45, 7) is 5.63. The Morgan fingerprint density at radius 1 is 1.21 bits per heavy atom. The number of hydrogen-bond donors (Lipinski definition) is 2. The van der Waals surface area contributed by atoms with Crippen LogP contribution in [-0.2, 0) is 14.3 Å². The summed E-state index contributed by atoms with van der Waals surface area (Å²) >= 11 is 1.31. The SMILES string of the molecule is CCCN(CCC)C(=O)CCCC(=O)Nc1nc(-c2c[nH]c(C(=O)OC)c2)cs1. The fraction of sp³-hybridized carbons (Fsp3) is 0.500. The van der Waals surface area contributed by atoms with Gasteiger partial charge < -0.3 is 19.9 Å². The Bertz CT molecular complexity index is 824. The summed E-state index contributed by atoms with van der Waals surface area (Å²) in [5, 5.41) is 5.05. The Morgan fingerprint density at radius 3 is 2.59 bits per heavy atom. The van der Waals surface area contributed by atoms with Crippen LogP contribution in [0, 0.1) is 0 Å². The molecular weight excluding hydrogens is 392 g/mol. The maximum absolute atomic E-state index is 12.2. The Hall–Kier alpha value is -2.68. The highest BCUT2D eigenvalue weighted by molar-refractivity contribution is 7.14. The van der Waals surface area contributed by atoms with Gasteiger partial charge in [0.15, 0.2) is 5.13 Å². The number of nitrogens with zero attached hydrogens (tertiary/aromatic N) is 2. The smallest absolute Gasteiger partial charge is 0.354 e. The molecule has 0 aliphatic carbocycles. The maximum Gasteiger partial charge on any atom is 0.354 e. The van der Waals surface area contributed by atoms with E-state index in [1.807, 2.05) is 4.90 Å². The Balaban J connectivity index is 1.82. The zero-order valence-electron chi connectivity index (χ0n) is 17.1. The number of thiazole rings is 1. The second kappa shape index (κ2) is 11.4. The zero-order chi connectivity index (χ0) is 21.2. The first kappa shape index (κ1) is 22.6. The highest BCUT2D eigenvalue weighted by Gasteiger charge is 2.14. The number of anilines is 1. The van der Waals surface area contributed by atoms with Gasteiger partial charge in [0.25, 0.3) is 0 Å². The van der Waals surface area contributed by atoms with Gasteiger partial charge in [-0.2, -0.15) is 0 Å². The van der Waals surface area contributed by atoms with Crippen LogP contribution in [0.4, 0.5) is 5.13 Å². The molecule has 2 aromatic rings. The van der Waals surface area contributed by atoms with Crippen LogP contribution in [0.5, 0.6) is 0 Å². The van der Waals surface area contributed by atoms with Crippen molar-refractivity contribution in [2.24, 2.45) is 0 Å². The van der Waals surface area contributed by atoms with Crippen LogP contribution in [0.15, 0.2) is 17.6 Å². The summed E-state index contributed by atoms with van der Waals surface area (Å²) in [5.41, 5.74) is 1.73. The average molecular weight is 421 g/mol. The van der Waals surface area contributed by atoms with Gasteiger partial charge in [0.05, 0.1) is 12.8 Å². The molecule has 2 amide bonds. The standard InChI is InChI=1S/C20H28N4O4S/c1-4-9-24(10-5-2)18(26)8-6-7-17(25)23-20-22-16(13-29-20)14-11-15(21-12-14)19(27)28-3/h11-13,21H,4-10H2,1-3H3,(H,22,23,25). The Kier molecular flexibility index (Phi) is 8.85. The largest absolute Gasteiger partial charge is 0.464 e. The average Bonchev–Trinajstić information content (AvgIpc) is 3.36. The molecule has 0 bridgehead atoms. The first-order valence-electron chi connectivity index (χ1n) is 9.78. The van der Waals surface area contributed by atoms with Crippen molar-refractivity contribution in [2.75, 3.05) is 25.5 Å². The topological polar surface area (TPSA) is 104 Å². The number of aromatic amines is 1. The number of methoxy groups -OCH3 is 1. The van der Waals surface area contributed by atoms with E-state index < -0.39 is 5.97 Å². The van der Waals surface area contributed by atoms with Gasteiger partial charge >= 0.3 is 5.97 Å². The van der Waals surface area contributed by atoms with E-state index in [9.17, 15) is 14.4 Å². The predicted molar refractivity (Wildman–Crippen MR) is 113 cm³/mol. The van der Waals surface area contributed by atoms with Crippen molar-refractivity contribution in [2.45, 2.75) is 46.0 Å². The van der Waals surface area contributed by atoms with E-state index in [1.54, 1.807) is 17.6 Å². The number of nitrogens with one attached hydrogen (secondary N) is 2. The maximum atomic E-state index is 12.2. The van der Waals surface area contributed by atoms with Crippen molar-refractivity contribution in [3.05, 3.63) is 23.3 Å². The molecule has 0 unspecified atom stereocenters. The minimum atomic E-state index is -0.453. The lowest BCUT2D eigenvalue weighted by Gasteiger charge is -2.21. The minimum absolute atomic E-state index is 0.104. The van der Waals surface area contributed by atoms with Crippen LogP contribution < -0.4 is 5.32 Å². The molecule has 0 saturated carbocycles. The third kappa shape index (κ3) is 6.70. The third-order valence-electron chi connectivity index (χ3n) is 4.27. The molecule has 2 aromatic heterocycles. The quantitative estimate of drug-likeness (QED) is 0.540. The molecular formula is C20H28N4O4S. The summed E-state index contributed by atoms with van der Waals surface area (Å²) in [6, 6.07) is 1.65. The van der Waals surface area contributed by atoms with E-state index in [-0.39, 0.29) is 18.2 Å². The molecule has 0 aromatic carbocycles. The normalized spacial score (nSPS) is 10.6. The number of carbonyl (C=O) groups excluding carboxylic acids is 3. The number of aromatic nitrogens is 2. The first-order valence-corrected chi connectivity index (χ1v) is 10.7. The minimum Gasteiger partial charge on any atom is -0.464 e. The molecule has 2 N–H and O–H groups in total. The van der Waals surface area contributed by atoms with Crippen molar-refractivity contribution in [1.82, 2.24) is 14.9 Å². The van der Waals surface area contributed by atoms with Crippen LogP contribution in [0.2, 0.25) is 0 Å². The molecule has 0 aliphatic rings. The fourth-order valence-corrected chi connectivity index (χ4v) is 3.61. The van der Waals surface area contributed by atoms with E-state index in [2.05, 4.69) is 33.9 Å². The number of esters is 1. The molecule has 0 atom stereocenters. The van der Waals surface area contributed by atoms with Gasteiger partial charge in [0.1, 0.15) is 5.69 Å². The Morgan fingerprint density at radius 2 is 1.93 bits per heavy atom. The second-order valence-electron chi connectivity index (χ2n) is 6.61. The van der Waals surface area contributed by atoms with Gasteiger partial charge in [-0.25, -0.2) is 9.78 Å². The lowest BCUT2D eigenvalue weighted by molar-refractivity contribution is -0.131. The van der Waals surface area contributed by atoms with Crippen molar-refractivity contribution >= 4 is 34.3 Å². The molecule has 158 valence electrons. The summed E-state index contributed by atoms with van der Waals surface area (Å²) < 4.78 is 4.67. The molecule has 0 spiro atoms. The lowest BCUT2D eigenvalue weighted by Crippen LogP contribution is -2.32. The lowest BCUT2D eigenvalue weighted by atomic mass is 10.2. The molecule has 0 fully saturated rings. The number of H-pyrrole nitrogens is 1. The molecule has 8 nitrogen and oxygen atoms in total. The molecule has 0 saturated heterocycles. The third-order valence-corrected chi connectivity index (χ3v) is 5.03. The zero-order valence-corrected chi connectivity index (χ0v) is 17.9. The molecule has 2 heterocycles. The summed E-state index contributed by atoms with van der Waals surface area (Å²) in [6.07, 6.45) is 4.67. The molecule has 0 radical (unpaired) electrons. The van der Waals surface area contributed by atoms with E-state index in [0.717, 1.165) is 31.5 Å². The van der Waals surface area contributed by atoms with Gasteiger partial charge in [-0.3, -0.25) is 9.59 Å². The van der Waals surface area contributed by atoms with E-state index in [0.29, 0.717) is 29.4 Å². The van der Waals surface area contributed by atoms with Crippen LogP contribution in [-0.4, -0.2) is 52.9 Å². The number of hydrogen-bond acceptors (Lipinski definition) is 6. The number of carbonyl (C=O) groups is 3. The van der Waals surface area contributed by atoms with Gasteiger partial charge in [-0.05, 0) is 25.3 Å². The molecule has 9 heteroatoms. The number of rotatable bonds is 11. The number of amides is 2. The second-order valence-corrected chi connectivity index (χ2v) is 7.47. The highest BCUT2D eigenvalue weighted by Crippen LogP contribution is 2.25. The highest BCUT2D eigenvalue weighted by atomic mass is 32.1. The van der Waals surface area contributed by atoms with E-state index in [4.69, 9.17) is 0 Å². The van der Waals surface area contributed by atoms with Crippen LogP contribution in [0.3, 0.4) is 0 Å². The summed E-state index contributed by atoms with van der Waals surface area (Å²) in [5.74, 6) is -0.515. The Labute approximate surface area is 174 Å². The van der Waals surface area contributed by atoms with E-state index >= 15 is 0 Å². The van der Waals surface area contributed by atoms with Crippen LogP contribution >= 0.6 is 11.3 Å². The van der Waals surface area contributed by atoms with Gasteiger partial charge in [0.2, 0.25) is 11.8 Å². The van der Waals surface area contributed by atoms with Crippen molar-refractivity contribution < 1.29 is 19.1 Å². The summed E-state index contributed by atoms with van der Waals surface area (Å²) in [4.78, 5) is 45.0. The molecule has 29 heavy (non-hydrogen) atoms. The first-order chi connectivity index (χ1) is 14.0. The van der Waals surface area contributed by atoms with Gasteiger partial charge in [-0.15, -0.1) is 11.3 Å². The van der Waals surface area contributed by atoms with Crippen molar-refractivity contribution in [3.63, 3.8) is 0 Å².